The predicted molar refractivity (Wildman–Crippen MR) is 57.0 cm³/mol. The smallest absolute Gasteiger partial charge is 0.334 e. The van der Waals surface area contributed by atoms with Crippen molar-refractivity contribution in [2.24, 2.45) is 0 Å². The number of hydrogen-bond donors (Lipinski definition) is 0. The second kappa shape index (κ2) is 5.18. The summed E-state index contributed by atoms with van der Waals surface area (Å²) in [5.41, 5.74) is 1.94. The topological polar surface area (TPSA) is 26.3 Å². The van der Waals surface area contributed by atoms with Crippen molar-refractivity contribution in [1.82, 2.24) is 0 Å². The van der Waals surface area contributed by atoms with Gasteiger partial charge in [-0.15, -0.1) is 0 Å². The van der Waals surface area contributed by atoms with E-state index in [9.17, 15) is 4.79 Å². The first kappa shape index (κ1) is 11.3. The summed E-state index contributed by atoms with van der Waals surface area (Å²) in [6.07, 6.45) is 6.00. The van der Waals surface area contributed by atoms with E-state index in [0.717, 1.165) is 24.0 Å². The lowest BCUT2D eigenvalue weighted by Gasteiger charge is -2.10. The normalized spacial score (nSPS) is 21.6. The van der Waals surface area contributed by atoms with Crippen LogP contribution in [0.4, 0.5) is 0 Å². The van der Waals surface area contributed by atoms with Crippen molar-refractivity contribution in [3.63, 3.8) is 0 Å². The third-order valence-corrected chi connectivity index (χ3v) is 2.95. The molecule has 0 spiro atoms. The van der Waals surface area contributed by atoms with Crippen LogP contribution in [0.5, 0.6) is 0 Å². The summed E-state index contributed by atoms with van der Waals surface area (Å²) in [4.78, 5) is 11.2. The quantitative estimate of drug-likeness (QED) is 0.498. The maximum absolute atomic E-state index is 11.2. The van der Waals surface area contributed by atoms with Crippen LogP contribution >= 0.6 is 0 Å². The van der Waals surface area contributed by atoms with Gasteiger partial charge < -0.3 is 4.74 Å². The molecule has 0 aliphatic carbocycles. The SMILES string of the molecule is CCCCCCC1OC(=O)C(C)=C1C. The molecule has 0 N–H and O–H groups in total. The largest absolute Gasteiger partial charge is 0.454 e. The van der Waals surface area contributed by atoms with Gasteiger partial charge in [0.15, 0.2) is 0 Å². The van der Waals surface area contributed by atoms with Crippen LogP contribution in [0, 0.1) is 0 Å². The Morgan fingerprint density at radius 1 is 1.21 bits per heavy atom. The molecule has 1 aliphatic heterocycles. The first-order valence-corrected chi connectivity index (χ1v) is 5.55. The monoisotopic (exact) mass is 196 g/mol. The highest BCUT2D eigenvalue weighted by Crippen LogP contribution is 2.25. The van der Waals surface area contributed by atoms with E-state index in [4.69, 9.17) is 4.74 Å². The molecule has 0 aromatic heterocycles. The highest BCUT2D eigenvalue weighted by molar-refractivity contribution is 5.91. The Bertz CT molecular complexity index is 241. The maximum atomic E-state index is 11.2. The van der Waals surface area contributed by atoms with E-state index in [-0.39, 0.29) is 12.1 Å². The molecule has 0 aromatic carbocycles. The van der Waals surface area contributed by atoms with Crippen LogP contribution in [-0.4, -0.2) is 12.1 Å². The fourth-order valence-corrected chi connectivity index (χ4v) is 1.74. The molecule has 2 nitrogen and oxygen atoms in total. The van der Waals surface area contributed by atoms with Gasteiger partial charge in [-0.25, -0.2) is 4.79 Å². The Morgan fingerprint density at radius 2 is 1.93 bits per heavy atom. The van der Waals surface area contributed by atoms with Crippen LogP contribution < -0.4 is 0 Å². The molecule has 1 aliphatic rings. The van der Waals surface area contributed by atoms with Gasteiger partial charge in [0.2, 0.25) is 0 Å². The van der Waals surface area contributed by atoms with Gasteiger partial charge in [0.1, 0.15) is 6.10 Å². The Morgan fingerprint density at radius 3 is 2.43 bits per heavy atom. The van der Waals surface area contributed by atoms with Gasteiger partial charge in [-0.2, -0.15) is 0 Å². The molecule has 2 heteroatoms. The Kier molecular flexibility index (Phi) is 4.18. The van der Waals surface area contributed by atoms with E-state index in [0.29, 0.717) is 0 Å². The van der Waals surface area contributed by atoms with Crippen molar-refractivity contribution in [3.8, 4) is 0 Å². The highest BCUT2D eigenvalue weighted by Gasteiger charge is 2.27. The molecule has 0 bridgehead atoms. The summed E-state index contributed by atoms with van der Waals surface area (Å²) < 4.78 is 5.25. The number of rotatable bonds is 5. The minimum absolute atomic E-state index is 0.0688. The first-order valence-electron chi connectivity index (χ1n) is 5.55. The van der Waals surface area contributed by atoms with E-state index in [2.05, 4.69) is 6.92 Å². The zero-order valence-corrected chi connectivity index (χ0v) is 9.43. The Hall–Kier alpha value is -0.790. The van der Waals surface area contributed by atoms with Gasteiger partial charge >= 0.3 is 5.97 Å². The van der Waals surface area contributed by atoms with Gasteiger partial charge in [0, 0.05) is 5.57 Å². The van der Waals surface area contributed by atoms with Crippen molar-refractivity contribution in [1.29, 1.82) is 0 Å². The average molecular weight is 196 g/mol. The fraction of sp³-hybridized carbons (Fsp3) is 0.750. The summed E-state index contributed by atoms with van der Waals surface area (Å²) in [5.74, 6) is -0.122. The molecule has 1 rings (SSSR count). The Labute approximate surface area is 86.3 Å². The molecule has 1 heterocycles. The molecule has 0 saturated heterocycles. The van der Waals surface area contributed by atoms with Crippen molar-refractivity contribution in [2.75, 3.05) is 0 Å². The van der Waals surface area contributed by atoms with Crippen LogP contribution in [0.15, 0.2) is 11.1 Å². The van der Waals surface area contributed by atoms with Crippen LogP contribution in [0.2, 0.25) is 0 Å². The summed E-state index contributed by atoms with van der Waals surface area (Å²) in [7, 11) is 0. The molecule has 0 saturated carbocycles. The van der Waals surface area contributed by atoms with Gasteiger partial charge in [0.25, 0.3) is 0 Å². The van der Waals surface area contributed by atoms with Crippen LogP contribution in [0.3, 0.4) is 0 Å². The summed E-state index contributed by atoms with van der Waals surface area (Å²) >= 11 is 0. The number of unbranched alkanes of at least 4 members (excludes halogenated alkanes) is 3. The molecule has 0 fully saturated rings. The predicted octanol–water partition coefficient (Wildman–Crippen LogP) is 3.22. The summed E-state index contributed by atoms with van der Waals surface area (Å²) in [5, 5.41) is 0. The summed E-state index contributed by atoms with van der Waals surface area (Å²) in [6, 6.07) is 0. The van der Waals surface area contributed by atoms with Crippen LogP contribution in [0.1, 0.15) is 52.9 Å². The average Bonchev–Trinajstić information content (AvgIpc) is 2.41. The highest BCUT2D eigenvalue weighted by atomic mass is 16.5. The number of hydrogen-bond acceptors (Lipinski definition) is 2. The first-order chi connectivity index (χ1) is 6.66. The molecule has 0 aromatic rings. The number of ether oxygens (including phenoxy) is 1. The van der Waals surface area contributed by atoms with Crippen LogP contribution in [-0.2, 0) is 9.53 Å². The second-order valence-corrected chi connectivity index (χ2v) is 4.05. The third kappa shape index (κ3) is 2.60. The second-order valence-electron chi connectivity index (χ2n) is 4.05. The van der Waals surface area contributed by atoms with E-state index in [1.54, 1.807) is 0 Å². The zero-order valence-electron chi connectivity index (χ0n) is 9.43. The van der Waals surface area contributed by atoms with Crippen molar-refractivity contribution >= 4 is 5.97 Å². The lowest BCUT2D eigenvalue weighted by molar-refractivity contribution is -0.139. The van der Waals surface area contributed by atoms with E-state index in [1.807, 2.05) is 13.8 Å². The van der Waals surface area contributed by atoms with Crippen molar-refractivity contribution < 1.29 is 9.53 Å². The molecule has 0 amide bonds. The number of esters is 1. The standard InChI is InChI=1S/C12H20O2/c1-4-5-6-7-8-11-9(2)10(3)12(13)14-11/h11H,4-8H2,1-3H3. The lowest BCUT2D eigenvalue weighted by Crippen LogP contribution is -2.10. The molecule has 1 atom stereocenters. The molecule has 14 heavy (non-hydrogen) atoms. The number of carbonyl (C=O) groups is 1. The molecule has 80 valence electrons. The van der Waals surface area contributed by atoms with Crippen molar-refractivity contribution in [3.05, 3.63) is 11.1 Å². The molecular formula is C12H20O2. The van der Waals surface area contributed by atoms with E-state index in [1.165, 1.54) is 19.3 Å². The summed E-state index contributed by atoms with van der Waals surface area (Å²) in [6.45, 7) is 6.05. The van der Waals surface area contributed by atoms with Gasteiger partial charge in [0.05, 0.1) is 0 Å². The number of carbonyl (C=O) groups excluding carboxylic acids is 1. The maximum Gasteiger partial charge on any atom is 0.334 e. The fourth-order valence-electron chi connectivity index (χ4n) is 1.74. The van der Waals surface area contributed by atoms with Crippen molar-refractivity contribution in [2.45, 2.75) is 59.0 Å². The minimum Gasteiger partial charge on any atom is -0.454 e. The van der Waals surface area contributed by atoms with E-state index < -0.39 is 0 Å². The van der Waals surface area contributed by atoms with E-state index >= 15 is 0 Å². The molecule has 1 unspecified atom stereocenters. The molecule has 0 radical (unpaired) electrons. The third-order valence-electron chi connectivity index (χ3n) is 2.95. The van der Waals surface area contributed by atoms with Gasteiger partial charge in [-0.05, 0) is 32.3 Å². The minimum atomic E-state index is -0.122. The Balaban J connectivity index is 2.30. The lowest BCUT2D eigenvalue weighted by atomic mass is 10.0. The molecular weight excluding hydrogens is 176 g/mol. The van der Waals surface area contributed by atoms with Gasteiger partial charge in [-0.3, -0.25) is 0 Å². The van der Waals surface area contributed by atoms with Crippen LogP contribution in [0.25, 0.3) is 0 Å². The number of cyclic esters (lactones) is 1. The zero-order chi connectivity index (χ0) is 10.6. The van der Waals surface area contributed by atoms with Gasteiger partial charge in [-0.1, -0.05) is 26.2 Å².